The number of ether oxygens (including phenoxy) is 1. The Morgan fingerprint density at radius 3 is 2.79 bits per heavy atom. The second-order valence-corrected chi connectivity index (χ2v) is 8.74. The summed E-state index contributed by atoms with van der Waals surface area (Å²) >= 11 is 1.60. The van der Waals surface area contributed by atoms with Crippen molar-refractivity contribution in [3.63, 3.8) is 0 Å². The minimum absolute atomic E-state index is 0.0114. The van der Waals surface area contributed by atoms with Gasteiger partial charge in [0.25, 0.3) is 5.69 Å². The summed E-state index contributed by atoms with van der Waals surface area (Å²) in [4.78, 5) is 36.9. The molecule has 0 aliphatic carbocycles. The van der Waals surface area contributed by atoms with Gasteiger partial charge in [-0.1, -0.05) is 0 Å². The molecular weight excluding hydrogens is 384 g/mol. The number of benzene rings is 1. The average molecular weight is 402 g/mol. The van der Waals surface area contributed by atoms with Crippen molar-refractivity contribution in [1.82, 2.24) is 14.7 Å². The first kappa shape index (κ1) is 18.5. The smallest absolute Gasteiger partial charge is 0.330 e. The molecule has 2 aromatic rings. The second-order valence-electron chi connectivity index (χ2n) is 7.03. The number of carbonyl (C=O) groups excluding carboxylic acids is 2. The van der Waals surface area contributed by atoms with Crippen LogP contribution in [-0.2, 0) is 27.5 Å². The molecule has 0 N–H and O–H groups in total. The minimum atomic E-state index is -0.703. The number of nitrogens with zero attached hydrogens (tertiary/aromatic N) is 4. The lowest BCUT2D eigenvalue weighted by Gasteiger charge is -2.37. The molecular formula is C18H18N4O5S. The number of hydrogen-bond donors (Lipinski definition) is 0. The molecule has 2 aliphatic rings. The number of rotatable bonds is 6. The van der Waals surface area contributed by atoms with E-state index in [1.165, 1.54) is 12.1 Å². The Bertz CT molecular complexity index is 917. The monoisotopic (exact) mass is 402 g/mol. The van der Waals surface area contributed by atoms with Crippen LogP contribution in [0.2, 0.25) is 0 Å². The summed E-state index contributed by atoms with van der Waals surface area (Å²) in [6.07, 6.45) is 3.92. The number of esters is 1. The maximum Gasteiger partial charge on any atom is 0.330 e. The molecule has 146 valence electrons. The summed E-state index contributed by atoms with van der Waals surface area (Å²) in [7, 11) is 0. The molecule has 1 aromatic carbocycles. The van der Waals surface area contributed by atoms with Crippen LogP contribution in [0.5, 0.6) is 0 Å². The van der Waals surface area contributed by atoms with E-state index in [2.05, 4.69) is 5.10 Å². The third-order valence-electron chi connectivity index (χ3n) is 5.00. The average Bonchev–Trinajstić information content (AvgIpc) is 3.24. The molecule has 0 radical (unpaired) electrons. The number of nitro benzene ring substituents is 1. The highest BCUT2D eigenvalue weighted by Crippen LogP contribution is 2.51. The summed E-state index contributed by atoms with van der Waals surface area (Å²) < 4.78 is 6.67. The Morgan fingerprint density at radius 2 is 2.18 bits per heavy atom. The zero-order valence-corrected chi connectivity index (χ0v) is 15.9. The van der Waals surface area contributed by atoms with Crippen molar-refractivity contribution in [2.75, 3.05) is 0 Å². The van der Waals surface area contributed by atoms with Crippen LogP contribution >= 0.6 is 11.8 Å². The fourth-order valence-corrected chi connectivity index (χ4v) is 5.37. The Labute approximate surface area is 164 Å². The molecule has 1 amide bonds. The number of β-lactam (4-membered cyclic amide) rings is 1. The van der Waals surface area contributed by atoms with Gasteiger partial charge < -0.3 is 9.64 Å². The van der Waals surface area contributed by atoms with Gasteiger partial charge >= 0.3 is 5.97 Å². The summed E-state index contributed by atoms with van der Waals surface area (Å²) in [5.41, 5.74) is 0.618. The van der Waals surface area contributed by atoms with Gasteiger partial charge in [-0.2, -0.15) is 5.10 Å². The van der Waals surface area contributed by atoms with E-state index in [1.54, 1.807) is 39.7 Å². The summed E-state index contributed by atoms with van der Waals surface area (Å²) in [5, 5.41) is 14.9. The molecule has 0 spiro atoms. The third kappa shape index (κ3) is 3.24. The molecule has 3 atom stereocenters. The summed E-state index contributed by atoms with van der Waals surface area (Å²) in [6, 6.07) is 6.94. The second kappa shape index (κ2) is 6.93. The normalized spacial score (nSPS) is 25.9. The first-order chi connectivity index (χ1) is 13.4. The first-order valence-corrected chi connectivity index (χ1v) is 9.62. The molecule has 4 rings (SSSR count). The van der Waals surface area contributed by atoms with Gasteiger partial charge in [0.05, 0.1) is 28.0 Å². The van der Waals surface area contributed by atoms with Crippen LogP contribution < -0.4 is 0 Å². The van der Waals surface area contributed by atoms with Crippen molar-refractivity contribution in [3.8, 4) is 0 Å². The molecule has 28 heavy (non-hydrogen) atoms. The lowest BCUT2D eigenvalue weighted by molar-refractivity contribution is -0.384. The molecule has 2 saturated heterocycles. The number of nitro groups is 1. The van der Waals surface area contributed by atoms with Gasteiger partial charge in [-0.3, -0.25) is 19.6 Å². The molecule has 0 saturated carbocycles. The SMILES string of the molecule is C[C@@]1(Cn2cccn2)S[C@H]2CC(=O)N2[C@H]1C(=O)OCc1ccc([N+](=O)[O-])cc1. The minimum Gasteiger partial charge on any atom is -0.459 e. The van der Waals surface area contributed by atoms with Crippen LogP contribution in [0.15, 0.2) is 42.7 Å². The fourth-order valence-electron chi connectivity index (χ4n) is 3.63. The predicted octanol–water partition coefficient (Wildman–Crippen LogP) is 1.97. The van der Waals surface area contributed by atoms with Crippen LogP contribution in [0.1, 0.15) is 18.9 Å². The molecule has 0 unspecified atom stereocenters. The molecule has 1 aromatic heterocycles. The summed E-state index contributed by atoms with van der Waals surface area (Å²) in [6.45, 7) is 2.41. The van der Waals surface area contributed by atoms with Gasteiger partial charge in [0.15, 0.2) is 0 Å². The van der Waals surface area contributed by atoms with Gasteiger partial charge in [-0.05, 0) is 30.7 Å². The van der Waals surface area contributed by atoms with Gasteiger partial charge in [-0.25, -0.2) is 4.79 Å². The van der Waals surface area contributed by atoms with Crippen molar-refractivity contribution in [1.29, 1.82) is 0 Å². The number of fused-ring (bicyclic) bond motifs is 1. The van der Waals surface area contributed by atoms with E-state index in [0.717, 1.165) is 0 Å². The van der Waals surface area contributed by atoms with Gasteiger partial charge in [0.2, 0.25) is 5.91 Å². The van der Waals surface area contributed by atoms with Crippen molar-refractivity contribution in [2.24, 2.45) is 0 Å². The highest BCUT2D eigenvalue weighted by molar-refractivity contribution is 8.01. The fraction of sp³-hybridized carbons (Fsp3) is 0.389. The summed E-state index contributed by atoms with van der Waals surface area (Å²) in [5.74, 6) is -0.532. The van der Waals surface area contributed by atoms with E-state index in [4.69, 9.17) is 4.74 Å². The zero-order valence-electron chi connectivity index (χ0n) is 15.1. The van der Waals surface area contributed by atoms with E-state index in [-0.39, 0.29) is 23.6 Å². The third-order valence-corrected chi connectivity index (χ3v) is 6.55. The highest BCUT2D eigenvalue weighted by Gasteiger charge is 2.61. The van der Waals surface area contributed by atoms with Crippen molar-refractivity contribution in [2.45, 2.75) is 42.7 Å². The van der Waals surface area contributed by atoms with Crippen LogP contribution in [0.25, 0.3) is 0 Å². The quantitative estimate of drug-likeness (QED) is 0.315. The van der Waals surface area contributed by atoms with E-state index < -0.39 is 21.7 Å². The highest BCUT2D eigenvalue weighted by atomic mass is 32.2. The van der Waals surface area contributed by atoms with Crippen LogP contribution in [0, 0.1) is 10.1 Å². The Kier molecular flexibility index (Phi) is 4.58. The van der Waals surface area contributed by atoms with Gasteiger partial charge in [0, 0.05) is 24.5 Å². The number of thioether (sulfide) groups is 1. The van der Waals surface area contributed by atoms with Crippen LogP contribution in [0.4, 0.5) is 5.69 Å². The molecule has 2 fully saturated rings. The largest absolute Gasteiger partial charge is 0.459 e. The van der Waals surface area contributed by atoms with Crippen LogP contribution in [0.3, 0.4) is 0 Å². The van der Waals surface area contributed by atoms with E-state index in [1.807, 2.05) is 19.2 Å². The topological polar surface area (TPSA) is 108 Å². The van der Waals surface area contributed by atoms with Gasteiger partial charge in [-0.15, -0.1) is 11.8 Å². The van der Waals surface area contributed by atoms with E-state index >= 15 is 0 Å². The van der Waals surface area contributed by atoms with Crippen molar-refractivity contribution >= 4 is 29.3 Å². The number of hydrogen-bond acceptors (Lipinski definition) is 7. The maximum atomic E-state index is 12.9. The van der Waals surface area contributed by atoms with Crippen molar-refractivity contribution < 1.29 is 19.2 Å². The number of non-ortho nitro benzene ring substituents is 1. The Morgan fingerprint density at radius 1 is 1.43 bits per heavy atom. The lowest BCUT2D eigenvalue weighted by Crippen LogP contribution is -2.58. The molecule has 10 heteroatoms. The Balaban J connectivity index is 1.48. The first-order valence-electron chi connectivity index (χ1n) is 8.74. The molecule has 0 bridgehead atoms. The number of carbonyl (C=O) groups is 2. The number of aromatic nitrogens is 2. The molecule has 9 nitrogen and oxygen atoms in total. The maximum absolute atomic E-state index is 12.9. The van der Waals surface area contributed by atoms with E-state index in [0.29, 0.717) is 18.5 Å². The molecule has 3 heterocycles. The predicted molar refractivity (Wildman–Crippen MR) is 100 cm³/mol. The van der Waals surface area contributed by atoms with Gasteiger partial charge in [0.1, 0.15) is 12.6 Å². The van der Waals surface area contributed by atoms with E-state index in [9.17, 15) is 19.7 Å². The zero-order chi connectivity index (χ0) is 19.9. The lowest BCUT2D eigenvalue weighted by atomic mass is 9.96. The standard InChI is InChI=1S/C18H18N4O5S/c1-18(11-20-8-2-7-19-20)16(21-14(23)9-15(21)28-18)17(24)27-10-12-3-5-13(6-4-12)22(25)26/h2-8,15-16H,9-11H2,1H3/t15-,16-,18-/m0/s1. The molecule has 2 aliphatic heterocycles. The Hall–Kier alpha value is -2.88. The van der Waals surface area contributed by atoms with Crippen molar-refractivity contribution in [3.05, 3.63) is 58.4 Å². The van der Waals surface area contributed by atoms with Crippen LogP contribution in [-0.4, -0.2) is 47.6 Å². The number of amides is 1.